The third-order valence-corrected chi connectivity index (χ3v) is 4.60. The number of piperidine rings is 1. The number of nitrogens with one attached hydrogen (secondary N) is 1. The number of nitrogen functional groups attached to an aromatic ring is 1. The van der Waals surface area contributed by atoms with E-state index in [9.17, 15) is 9.90 Å². The Kier molecular flexibility index (Phi) is 5.37. The van der Waals surface area contributed by atoms with E-state index in [0.29, 0.717) is 16.8 Å². The molecular weight excluding hydrogens is 342 g/mol. The SMILES string of the molecule is CC(C)(C)OC(=O)c1c(C2CCCNC2)cc(-c2ccccc2O)nc1N. The van der Waals surface area contributed by atoms with Crippen LogP contribution >= 0.6 is 0 Å². The molecule has 0 bridgehead atoms. The van der Waals surface area contributed by atoms with E-state index in [1.54, 1.807) is 18.2 Å². The van der Waals surface area contributed by atoms with Gasteiger partial charge >= 0.3 is 5.97 Å². The highest BCUT2D eigenvalue weighted by Gasteiger charge is 2.29. The van der Waals surface area contributed by atoms with Crippen LogP contribution in [0.25, 0.3) is 11.3 Å². The molecule has 4 N–H and O–H groups in total. The summed E-state index contributed by atoms with van der Waals surface area (Å²) >= 11 is 0. The van der Waals surface area contributed by atoms with Crippen LogP contribution in [0, 0.1) is 0 Å². The lowest BCUT2D eigenvalue weighted by atomic mass is 9.87. The number of rotatable bonds is 3. The van der Waals surface area contributed by atoms with Crippen molar-refractivity contribution < 1.29 is 14.6 Å². The van der Waals surface area contributed by atoms with Crippen molar-refractivity contribution in [2.75, 3.05) is 18.8 Å². The molecule has 3 rings (SSSR count). The van der Waals surface area contributed by atoms with Crippen molar-refractivity contribution in [1.29, 1.82) is 0 Å². The molecule has 0 aliphatic carbocycles. The first-order valence-electron chi connectivity index (χ1n) is 9.29. The van der Waals surface area contributed by atoms with Crippen molar-refractivity contribution in [2.24, 2.45) is 0 Å². The lowest BCUT2D eigenvalue weighted by Crippen LogP contribution is -2.31. The molecule has 1 saturated heterocycles. The largest absolute Gasteiger partial charge is 0.507 e. The fourth-order valence-corrected chi connectivity index (χ4v) is 3.40. The van der Waals surface area contributed by atoms with Crippen molar-refractivity contribution in [1.82, 2.24) is 10.3 Å². The second-order valence-corrected chi connectivity index (χ2v) is 7.92. The topological polar surface area (TPSA) is 97.5 Å². The zero-order chi connectivity index (χ0) is 19.6. The molecule has 1 fully saturated rings. The molecule has 1 aromatic heterocycles. The quantitative estimate of drug-likeness (QED) is 0.717. The summed E-state index contributed by atoms with van der Waals surface area (Å²) in [5.41, 5.74) is 7.89. The van der Waals surface area contributed by atoms with Crippen LogP contribution in [0.4, 0.5) is 5.82 Å². The molecule has 6 heteroatoms. The maximum atomic E-state index is 12.8. The number of benzene rings is 1. The van der Waals surface area contributed by atoms with Gasteiger partial charge in [0.05, 0.1) is 5.69 Å². The minimum absolute atomic E-state index is 0.127. The third kappa shape index (κ3) is 4.39. The van der Waals surface area contributed by atoms with E-state index in [4.69, 9.17) is 10.5 Å². The van der Waals surface area contributed by atoms with Gasteiger partial charge < -0.3 is 20.9 Å². The molecule has 0 amide bonds. The molecule has 1 aliphatic heterocycles. The normalized spacial score (nSPS) is 17.5. The van der Waals surface area contributed by atoms with Gasteiger partial charge in [0.2, 0.25) is 0 Å². The van der Waals surface area contributed by atoms with Crippen LogP contribution in [-0.4, -0.2) is 34.8 Å². The highest BCUT2D eigenvalue weighted by molar-refractivity contribution is 5.97. The molecule has 1 atom stereocenters. The number of carbonyl (C=O) groups excluding carboxylic acids is 1. The highest BCUT2D eigenvalue weighted by atomic mass is 16.6. The fourth-order valence-electron chi connectivity index (χ4n) is 3.40. The Morgan fingerprint density at radius 2 is 2.07 bits per heavy atom. The van der Waals surface area contributed by atoms with Crippen molar-refractivity contribution in [3.63, 3.8) is 0 Å². The van der Waals surface area contributed by atoms with E-state index in [-0.39, 0.29) is 17.5 Å². The van der Waals surface area contributed by atoms with Gasteiger partial charge in [0.1, 0.15) is 22.7 Å². The summed E-state index contributed by atoms with van der Waals surface area (Å²) in [6.07, 6.45) is 1.97. The fraction of sp³-hybridized carbons (Fsp3) is 0.429. The molecule has 1 unspecified atom stereocenters. The summed E-state index contributed by atoms with van der Waals surface area (Å²) in [6.45, 7) is 7.21. The predicted molar refractivity (Wildman–Crippen MR) is 106 cm³/mol. The Hall–Kier alpha value is -2.60. The smallest absolute Gasteiger partial charge is 0.342 e. The van der Waals surface area contributed by atoms with Gasteiger partial charge in [-0.05, 0) is 69.8 Å². The summed E-state index contributed by atoms with van der Waals surface area (Å²) in [5.74, 6) is -0.0687. The van der Waals surface area contributed by atoms with E-state index in [2.05, 4.69) is 10.3 Å². The number of aromatic hydroxyl groups is 1. The number of anilines is 1. The van der Waals surface area contributed by atoms with Crippen LogP contribution in [0.2, 0.25) is 0 Å². The van der Waals surface area contributed by atoms with Gasteiger partial charge in [-0.15, -0.1) is 0 Å². The zero-order valence-electron chi connectivity index (χ0n) is 16.1. The number of pyridine rings is 1. The summed E-state index contributed by atoms with van der Waals surface area (Å²) in [5, 5.41) is 13.6. The van der Waals surface area contributed by atoms with Crippen molar-refractivity contribution in [3.8, 4) is 17.0 Å². The number of phenolic OH excluding ortho intramolecular Hbond substituents is 1. The van der Waals surface area contributed by atoms with Gasteiger partial charge in [-0.2, -0.15) is 0 Å². The van der Waals surface area contributed by atoms with E-state index in [0.717, 1.165) is 31.5 Å². The van der Waals surface area contributed by atoms with Crippen LogP contribution in [-0.2, 0) is 4.74 Å². The predicted octanol–water partition coefficient (Wildman–Crippen LogP) is 3.46. The van der Waals surface area contributed by atoms with Gasteiger partial charge in [0.25, 0.3) is 0 Å². The minimum Gasteiger partial charge on any atom is -0.507 e. The number of phenols is 1. The van der Waals surface area contributed by atoms with Gasteiger partial charge in [0, 0.05) is 12.1 Å². The maximum Gasteiger partial charge on any atom is 0.342 e. The molecule has 2 aromatic rings. The number of carbonyl (C=O) groups is 1. The Balaban J connectivity index is 2.12. The molecule has 1 aromatic carbocycles. The average molecular weight is 369 g/mol. The van der Waals surface area contributed by atoms with Crippen molar-refractivity contribution in [3.05, 3.63) is 41.5 Å². The summed E-state index contributed by atoms with van der Waals surface area (Å²) in [4.78, 5) is 17.3. The summed E-state index contributed by atoms with van der Waals surface area (Å²) < 4.78 is 5.58. The summed E-state index contributed by atoms with van der Waals surface area (Å²) in [7, 11) is 0. The maximum absolute atomic E-state index is 12.8. The average Bonchev–Trinajstić information content (AvgIpc) is 2.60. The van der Waals surface area contributed by atoms with E-state index >= 15 is 0 Å². The number of para-hydroxylation sites is 1. The lowest BCUT2D eigenvalue weighted by molar-refractivity contribution is 0.00686. The van der Waals surface area contributed by atoms with Gasteiger partial charge in [0.15, 0.2) is 0 Å². The number of aromatic nitrogens is 1. The van der Waals surface area contributed by atoms with Crippen molar-refractivity contribution in [2.45, 2.75) is 45.1 Å². The molecule has 1 aliphatic rings. The van der Waals surface area contributed by atoms with Gasteiger partial charge in [-0.3, -0.25) is 0 Å². The number of hydrogen-bond donors (Lipinski definition) is 3. The van der Waals surface area contributed by atoms with Gasteiger partial charge in [-0.1, -0.05) is 12.1 Å². The Morgan fingerprint density at radius 1 is 1.33 bits per heavy atom. The van der Waals surface area contributed by atoms with E-state index in [1.807, 2.05) is 32.9 Å². The molecule has 144 valence electrons. The van der Waals surface area contributed by atoms with Crippen molar-refractivity contribution >= 4 is 11.8 Å². The molecule has 27 heavy (non-hydrogen) atoms. The highest BCUT2D eigenvalue weighted by Crippen LogP contribution is 2.35. The van der Waals surface area contributed by atoms with Crippen LogP contribution in [0.5, 0.6) is 5.75 Å². The Labute approximate surface area is 159 Å². The van der Waals surface area contributed by atoms with E-state index < -0.39 is 11.6 Å². The second-order valence-electron chi connectivity index (χ2n) is 7.92. The van der Waals surface area contributed by atoms with Crippen LogP contribution in [0.3, 0.4) is 0 Å². The molecule has 0 radical (unpaired) electrons. The zero-order valence-corrected chi connectivity index (χ0v) is 16.1. The number of nitrogens with zero attached hydrogens (tertiary/aromatic N) is 1. The van der Waals surface area contributed by atoms with E-state index in [1.165, 1.54) is 0 Å². The number of nitrogens with two attached hydrogens (primary N) is 1. The first-order valence-corrected chi connectivity index (χ1v) is 9.29. The number of hydrogen-bond acceptors (Lipinski definition) is 6. The molecule has 6 nitrogen and oxygen atoms in total. The molecule has 0 spiro atoms. The van der Waals surface area contributed by atoms with Crippen LogP contribution in [0.15, 0.2) is 30.3 Å². The van der Waals surface area contributed by atoms with Gasteiger partial charge in [-0.25, -0.2) is 9.78 Å². The Morgan fingerprint density at radius 3 is 2.70 bits per heavy atom. The first-order chi connectivity index (χ1) is 12.8. The number of esters is 1. The monoisotopic (exact) mass is 369 g/mol. The van der Waals surface area contributed by atoms with Crippen LogP contribution in [0.1, 0.15) is 55.5 Å². The number of ether oxygens (including phenoxy) is 1. The standard InChI is InChI=1S/C21H27N3O3/c1-21(2,3)27-20(26)18-15(13-7-6-10-23-12-13)11-16(24-19(18)22)14-8-4-5-9-17(14)25/h4-5,8-9,11,13,23,25H,6-7,10,12H2,1-3H3,(H2,22,24). The molecule has 2 heterocycles. The minimum atomic E-state index is -0.623. The van der Waals surface area contributed by atoms with Crippen LogP contribution < -0.4 is 11.1 Å². The lowest BCUT2D eigenvalue weighted by Gasteiger charge is -2.27. The summed E-state index contributed by atoms with van der Waals surface area (Å²) in [6, 6.07) is 8.84. The third-order valence-electron chi connectivity index (χ3n) is 4.60. The second kappa shape index (κ2) is 7.56. The molecule has 0 saturated carbocycles. The first kappa shape index (κ1) is 19.2. The molecular formula is C21H27N3O3. The Bertz CT molecular complexity index is 837.